The summed E-state index contributed by atoms with van der Waals surface area (Å²) in [5.74, 6) is 0. The summed E-state index contributed by atoms with van der Waals surface area (Å²) in [4.78, 5) is 7.11. The first-order valence-electron chi connectivity index (χ1n) is 21.8. The molecule has 0 bridgehead atoms. The van der Waals surface area contributed by atoms with Crippen molar-refractivity contribution in [3.05, 3.63) is 267 Å². The van der Waals surface area contributed by atoms with E-state index in [9.17, 15) is 0 Å². The van der Waals surface area contributed by atoms with Crippen molar-refractivity contribution < 1.29 is 0 Å². The maximum Gasteiger partial charge on any atom is 0.0561 e. The molecule has 4 nitrogen and oxygen atoms in total. The van der Waals surface area contributed by atoms with E-state index in [0.717, 1.165) is 73.5 Å². The molecule has 0 saturated carbocycles. The van der Waals surface area contributed by atoms with Crippen LogP contribution in [0.25, 0.3) is 38.6 Å². The average Bonchev–Trinajstić information content (AvgIpc) is 3.70. The summed E-state index contributed by atoms with van der Waals surface area (Å²) in [6.07, 6.45) is 0. The van der Waals surface area contributed by atoms with Crippen LogP contribution in [0, 0.1) is 0 Å². The van der Waals surface area contributed by atoms with Gasteiger partial charge in [-0.05, 0) is 115 Å². The normalized spacial score (nSPS) is 11.1. The number of aromatic nitrogens is 1. The summed E-state index contributed by atoms with van der Waals surface area (Å²) in [5, 5.41) is 2.43. The number of hydrogen-bond donors (Lipinski definition) is 0. The highest BCUT2D eigenvalue weighted by molar-refractivity contribution is 6.10. The van der Waals surface area contributed by atoms with Gasteiger partial charge in [0, 0.05) is 67.5 Å². The fraction of sp³-hybridized carbons (Fsp3) is 0. The van der Waals surface area contributed by atoms with Crippen molar-refractivity contribution in [3.63, 3.8) is 0 Å². The Bertz CT molecular complexity index is 3290. The summed E-state index contributed by atoms with van der Waals surface area (Å²) < 4.78 is 2.39. The molecule has 0 aliphatic carbocycles. The van der Waals surface area contributed by atoms with Crippen molar-refractivity contribution in [1.82, 2.24) is 4.57 Å². The Kier molecular flexibility index (Phi) is 10.2. The highest BCUT2D eigenvalue weighted by Crippen LogP contribution is 2.46. The number of fused-ring (bicyclic) bond motifs is 3. The molecule has 11 aromatic rings. The first kappa shape index (κ1) is 38.3. The van der Waals surface area contributed by atoms with E-state index < -0.39 is 0 Å². The van der Waals surface area contributed by atoms with Gasteiger partial charge < -0.3 is 19.3 Å². The molecule has 1 aromatic heterocycles. The van der Waals surface area contributed by atoms with Gasteiger partial charge in [-0.25, -0.2) is 0 Å². The third-order valence-electron chi connectivity index (χ3n) is 11.9. The lowest BCUT2D eigenvalue weighted by Gasteiger charge is -2.31. The molecule has 0 aliphatic rings. The number of hydrogen-bond acceptors (Lipinski definition) is 3. The minimum absolute atomic E-state index is 1.03. The van der Waals surface area contributed by atoms with Crippen LogP contribution in [0.4, 0.5) is 51.2 Å². The molecular formula is C60H44N4. The predicted octanol–water partition coefficient (Wildman–Crippen LogP) is 16.9. The second-order valence-electron chi connectivity index (χ2n) is 15.8. The topological polar surface area (TPSA) is 14.7 Å². The molecular weight excluding hydrogens is 777 g/mol. The van der Waals surface area contributed by atoms with E-state index in [4.69, 9.17) is 0 Å². The molecule has 0 fully saturated rings. The quantitative estimate of drug-likeness (QED) is 0.129. The first-order valence-corrected chi connectivity index (χ1v) is 21.8. The first-order chi connectivity index (χ1) is 31.8. The molecule has 0 radical (unpaired) electrons. The highest BCUT2D eigenvalue weighted by Gasteiger charge is 2.22. The maximum absolute atomic E-state index is 2.40. The van der Waals surface area contributed by atoms with E-state index >= 15 is 0 Å². The highest BCUT2D eigenvalue weighted by atomic mass is 15.2. The van der Waals surface area contributed by atoms with Crippen LogP contribution in [0.5, 0.6) is 0 Å². The fourth-order valence-corrected chi connectivity index (χ4v) is 9.08. The Hall–Kier alpha value is -8.60. The Labute approximate surface area is 374 Å². The van der Waals surface area contributed by atoms with Crippen molar-refractivity contribution in [2.45, 2.75) is 0 Å². The lowest BCUT2D eigenvalue weighted by molar-refractivity contribution is 1.18. The second-order valence-corrected chi connectivity index (χ2v) is 15.8. The molecule has 10 aromatic carbocycles. The van der Waals surface area contributed by atoms with E-state index in [2.05, 4.69) is 286 Å². The zero-order valence-corrected chi connectivity index (χ0v) is 35.2. The summed E-state index contributed by atoms with van der Waals surface area (Å²) in [6.45, 7) is 0. The van der Waals surface area contributed by atoms with Gasteiger partial charge in [0.25, 0.3) is 0 Å². The van der Waals surface area contributed by atoms with Crippen LogP contribution in [0.2, 0.25) is 0 Å². The lowest BCUT2D eigenvalue weighted by Crippen LogP contribution is -2.15. The van der Waals surface area contributed by atoms with Gasteiger partial charge in [-0.15, -0.1) is 0 Å². The number of benzene rings is 10. The molecule has 304 valence electrons. The Balaban J connectivity index is 1.14. The summed E-state index contributed by atoms with van der Waals surface area (Å²) in [6, 6.07) is 95.4. The van der Waals surface area contributed by atoms with Crippen molar-refractivity contribution in [2.24, 2.45) is 0 Å². The van der Waals surface area contributed by atoms with E-state index in [1.54, 1.807) is 0 Å². The van der Waals surface area contributed by atoms with Gasteiger partial charge in [-0.1, -0.05) is 158 Å². The minimum Gasteiger partial charge on any atom is -0.310 e. The molecule has 0 amide bonds. The van der Waals surface area contributed by atoms with Crippen LogP contribution in [0.3, 0.4) is 0 Å². The van der Waals surface area contributed by atoms with Crippen molar-refractivity contribution >= 4 is 73.0 Å². The van der Waals surface area contributed by atoms with Gasteiger partial charge in [-0.3, -0.25) is 0 Å². The van der Waals surface area contributed by atoms with Crippen LogP contribution in [0.1, 0.15) is 0 Å². The number of para-hydroxylation sites is 6. The fourth-order valence-electron chi connectivity index (χ4n) is 9.08. The molecule has 0 N–H and O–H groups in total. The number of anilines is 9. The molecule has 11 rings (SSSR count). The molecule has 4 heteroatoms. The van der Waals surface area contributed by atoms with Crippen LogP contribution < -0.4 is 14.7 Å². The van der Waals surface area contributed by atoms with Gasteiger partial charge in [0.15, 0.2) is 0 Å². The molecule has 1 heterocycles. The second kappa shape index (κ2) is 17.0. The van der Waals surface area contributed by atoms with Gasteiger partial charge >= 0.3 is 0 Å². The SMILES string of the molecule is c1ccc(-c2ccccc2N(c2ccccc2)c2cccc(N(c3cccc(N(c4ccccc4)c4ccccc4)c3)c3ccc4c5ccccc5n(-c5ccccc5)c4c3)c2)cc1. The largest absolute Gasteiger partial charge is 0.310 e. The molecule has 0 atom stereocenters. The standard InChI is InChI=1S/C60H44N4/c1-6-22-45(23-7-1)55-36-16-18-38-58(55)63(48-28-12-4-13-29-48)53-35-21-34-52(43-53)62(51-33-20-32-50(42-51)61(46-24-8-2-9-25-46)47-26-10-3-11-27-47)54-40-41-57-56-37-17-19-39-59(56)64(60(57)44-54)49-30-14-5-15-31-49/h1-44H. The van der Waals surface area contributed by atoms with Gasteiger partial charge in [0.1, 0.15) is 0 Å². The molecule has 0 spiro atoms. The molecule has 0 saturated heterocycles. The maximum atomic E-state index is 2.40. The summed E-state index contributed by atoms with van der Waals surface area (Å²) in [7, 11) is 0. The van der Waals surface area contributed by atoms with E-state index in [1.165, 1.54) is 16.3 Å². The van der Waals surface area contributed by atoms with Crippen molar-refractivity contribution in [2.75, 3.05) is 14.7 Å². The van der Waals surface area contributed by atoms with E-state index in [1.807, 2.05) is 0 Å². The minimum atomic E-state index is 1.03. The third kappa shape index (κ3) is 7.23. The Morgan fingerprint density at radius 3 is 1.25 bits per heavy atom. The summed E-state index contributed by atoms with van der Waals surface area (Å²) >= 11 is 0. The smallest absolute Gasteiger partial charge is 0.0561 e. The number of rotatable bonds is 11. The lowest BCUT2D eigenvalue weighted by atomic mass is 10.0. The monoisotopic (exact) mass is 820 g/mol. The van der Waals surface area contributed by atoms with Crippen LogP contribution in [0.15, 0.2) is 267 Å². The zero-order valence-electron chi connectivity index (χ0n) is 35.2. The average molecular weight is 821 g/mol. The molecule has 0 unspecified atom stereocenters. The molecule has 64 heavy (non-hydrogen) atoms. The Morgan fingerprint density at radius 2 is 0.656 bits per heavy atom. The van der Waals surface area contributed by atoms with E-state index in [0.29, 0.717) is 0 Å². The van der Waals surface area contributed by atoms with Gasteiger partial charge in [-0.2, -0.15) is 0 Å². The molecule has 0 aliphatic heterocycles. The van der Waals surface area contributed by atoms with E-state index in [-0.39, 0.29) is 0 Å². The van der Waals surface area contributed by atoms with Gasteiger partial charge in [0.05, 0.1) is 16.7 Å². The zero-order chi connectivity index (χ0) is 42.7. The third-order valence-corrected chi connectivity index (χ3v) is 11.9. The number of nitrogens with zero attached hydrogens (tertiary/aromatic N) is 4. The van der Waals surface area contributed by atoms with Crippen LogP contribution in [-0.2, 0) is 0 Å². The van der Waals surface area contributed by atoms with Crippen molar-refractivity contribution in [3.8, 4) is 16.8 Å². The van der Waals surface area contributed by atoms with Crippen LogP contribution in [-0.4, -0.2) is 4.57 Å². The van der Waals surface area contributed by atoms with Crippen molar-refractivity contribution in [1.29, 1.82) is 0 Å². The summed E-state index contributed by atoms with van der Waals surface area (Å²) in [5.41, 5.74) is 15.3. The Morgan fingerprint density at radius 1 is 0.250 bits per heavy atom. The predicted molar refractivity (Wildman–Crippen MR) is 270 cm³/mol. The van der Waals surface area contributed by atoms with Crippen LogP contribution >= 0.6 is 0 Å². The van der Waals surface area contributed by atoms with Gasteiger partial charge in [0.2, 0.25) is 0 Å².